The maximum absolute atomic E-state index is 13.7. The highest BCUT2D eigenvalue weighted by Gasteiger charge is 2.41. The van der Waals surface area contributed by atoms with E-state index in [2.05, 4.69) is 5.32 Å². The van der Waals surface area contributed by atoms with E-state index in [4.69, 9.17) is 4.74 Å². The van der Waals surface area contributed by atoms with Gasteiger partial charge in [-0.2, -0.15) is 0 Å². The number of ether oxygens (including phenoxy) is 1. The van der Waals surface area contributed by atoms with Gasteiger partial charge in [0.1, 0.15) is 11.6 Å². The zero-order valence-electron chi connectivity index (χ0n) is 15.0. The molecular weight excluding hydrogens is 321 g/mol. The molecule has 1 aromatic rings. The lowest BCUT2D eigenvalue weighted by molar-refractivity contribution is -0.130. The Hall–Kier alpha value is -1.75. The summed E-state index contributed by atoms with van der Waals surface area (Å²) in [5.41, 5.74) is 0.0318. The standard InChI is InChI=1S/C20H28FNO3/c1-16(23)7-4-2-3-5-12-22-19(24)20(10-13-25-14-11-20)17-8-6-9-18(21)15-17/h6,8-9,15H,2-5,7,10-14H2,1H3,(H,22,24). The van der Waals surface area contributed by atoms with Gasteiger partial charge in [-0.15, -0.1) is 0 Å². The van der Waals surface area contributed by atoms with Crippen molar-refractivity contribution in [3.63, 3.8) is 0 Å². The number of hydrogen-bond donors (Lipinski definition) is 1. The van der Waals surface area contributed by atoms with Crippen LogP contribution in [0.3, 0.4) is 0 Å². The lowest BCUT2D eigenvalue weighted by Gasteiger charge is -2.36. The van der Waals surface area contributed by atoms with Crippen molar-refractivity contribution >= 4 is 11.7 Å². The van der Waals surface area contributed by atoms with Crippen molar-refractivity contribution in [2.75, 3.05) is 19.8 Å². The third kappa shape index (κ3) is 5.63. The van der Waals surface area contributed by atoms with Gasteiger partial charge in [-0.1, -0.05) is 25.0 Å². The predicted octanol–water partition coefficient (Wildman–Crippen LogP) is 3.53. The lowest BCUT2D eigenvalue weighted by Crippen LogP contribution is -2.48. The molecule has 25 heavy (non-hydrogen) atoms. The summed E-state index contributed by atoms with van der Waals surface area (Å²) in [6, 6.07) is 6.35. The Morgan fingerprint density at radius 2 is 1.88 bits per heavy atom. The summed E-state index contributed by atoms with van der Waals surface area (Å²) in [6.07, 6.45) is 5.56. The Bertz CT molecular complexity index is 582. The molecule has 0 aromatic heterocycles. The zero-order valence-corrected chi connectivity index (χ0v) is 15.0. The minimum absolute atomic E-state index is 0.0369. The topological polar surface area (TPSA) is 55.4 Å². The molecule has 1 aliphatic rings. The Morgan fingerprint density at radius 1 is 1.16 bits per heavy atom. The van der Waals surface area contributed by atoms with Crippen LogP contribution in [0.2, 0.25) is 0 Å². The Balaban J connectivity index is 1.88. The van der Waals surface area contributed by atoms with Gasteiger partial charge in [-0.05, 0) is 50.3 Å². The highest BCUT2D eigenvalue weighted by molar-refractivity contribution is 5.88. The van der Waals surface area contributed by atoms with Gasteiger partial charge in [0.25, 0.3) is 0 Å². The van der Waals surface area contributed by atoms with E-state index < -0.39 is 5.41 Å². The largest absolute Gasteiger partial charge is 0.381 e. The Kier molecular flexibility index (Phi) is 7.56. The van der Waals surface area contributed by atoms with Crippen molar-refractivity contribution in [1.82, 2.24) is 5.32 Å². The number of ketones is 1. The van der Waals surface area contributed by atoms with E-state index in [0.29, 0.717) is 39.0 Å². The molecule has 4 nitrogen and oxygen atoms in total. The lowest BCUT2D eigenvalue weighted by atomic mass is 9.73. The molecule has 0 spiro atoms. The second-order valence-corrected chi connectivity index (χ2v) is 6.83. The minimum Gasteiger partial charge on any atom is -0.381 e. The van der Waals surface area contributed by atoms with Gasteiger partial charge < -0.3 is 14.8 Å². The van der Waals surface area contributed by atoms with E-state index in [1.165, 1.54) is 12.1 Å². The molecule has 2 rings (SSSR count). The van der Waals surface area contributed by atoms with Crippen LogP contribution in [0.15, 0.2) is 24.3 Å². The van der Waals surface area contributed by atoms with Gasteiger partial charge in [-0.25, -0.2) is 4.39 Å². The van der Waals surface area contributed by atoms with E-state index in [1.807, 2.05) is 6.07 Å². The van der Waals surface area contributed by atoms with Gasteiger partial charge >= 0.3 is 0 Å². The van der Waals surface area contributed by atoms with Crippen molar-refractivity contribution in [1.29, 1.82) is 0 Å². The first kappa shape index (κ1) is 19.6. The third-order valence-corrected chi connectivity index (χ3v) is 4.90. The maximum Gasteiger partial charge on any atom is 0.230 e. The van der Waals surface area contributed by atoms with Gasteiger partial charge in [-0.3, -0.25) is 4.79 Å². The summed E-state index contributed by atoms with van der Waals surface area (Å²) >= 11 is 0. The number of halogens is 1. The summed E-state index contributed by atoms with van der Waals surface area (Å²) in [5.74, 6) is -0.128. The molecule has 0 saturated carbocycles. The molecule has 0 bridgehead atoms. The third-order valence-electron chi connectivity index (χ3n) is 4.90. The highest BCUT2D eigenvalue weighted by Crippen LogP contribution is 2.35. The fourth-order valence-corrected chi connectivity index (χ4v) is 3.38. The van der Waals surface area contributed by atoms with Crippen LogP contribution in [0.25, 0.3) is 0 Å². The first-order valence-electron chi connectivity index (χ1n) is 9.16. The number of benzene rings is 1. The van der Waals surface area contributed by atoms with Crippen molar-refractivity contribution in [3.8, 4) is 0 Å². The number of Topliss-reactive ketones (excluding diaryl/α,β-unsaturated/α-hetero) is 1. The summed E-state index contributed by atoms with van der Waals surface area (Å²) in [5, 5.41) is 3.03. The second kappa shape index (κ2) is 9.66. The first-order chi connectivity index (χ1) is 12.0. The van der Waals surface area contributed by atoms with Crippen molar-refractivity contribution < 1.29 is 18.7 Å². The molecule has 0 radical (unpaired) electrons. The second-order valence-electron chi connectivity index (χ2n) is 6.83. The van der Waals surface area contributed by atoms with E-state index in [9.17, 15) is 14.0 Å². The van der Waals surface area contributed by atoms with E-state index >= 15 is 0 Å². The van der Waals surface area contributed by atoms with Crippen LogP contribution < -0.4 is 5.32 Å². The number of nitrogens with one attached hydrogen (secondary N) is 1. The van der Waals surface area contributed by atoms with Gasteiger partial charge in [0.15, 0.2) is 0 Å². The number of amides is 1. The van der Waals surface area contributed by atoms with Crippen LogP contribution in [-0.2, 0) is 19.7 Å². The average Bonchev–Trinajstić information content (AvgIpc) is 2.61. The number of carbonyl (C=O) groups is 2. The number of carbonyl (C=O) groups excluding carboxylic acids is 2. The molecule has 1 heterocycles. The molecule has 1 aromatic carbocycles. The molecule has 0 atom stereocenters. The fourth-order valence-electron chi connectivity index (χ4n) is 3.38. The maximum atomic E-state index is 13.7. The summed E-state index contributed by atoms with van der Waals surface area (Å²) < 4.78 is 19.1. The molecule has 5 heteroatoms. The molecule has 1 aliphatic heterocycles. The number of hydrogen-bond acceptors (Lipinski definition) is 3. The van der Waals surface area contributed by atoms with Crippen LogP contribution >= 0.6 is 0 Å². The van der Waals surface area contributed by atoms with Crippen molar-refractivity contribution in [3.05, 3.63) is 35.6 Å². The Morgan fingerprint density at radius 3 is 2.56 bits per heavy atom. The molecule has 1 N–H and O–H groups in total. The van der Waals surface area contributed by atoms with E-state index in [-0.39, 0.29) is 17.5 Å². The molecule has 138 valence electrons. The van der Waals surface area contributed by atoms with Crippen molar-refractivity contribution in [2.24, 2.45) is 0 Å². The molecule has 1 saturated heterocycles. The average molecular weight is 349 g/mol. The van der Waals surface area contributed by atoms with Crippen LogP contribution in [-0.4, -0.2) is 31.4 Å². The normalized spacial score (nSPS) is 16.4. The van der Waals surface area contributed by atoms with Gasteiger partial charge in [0.05, 0.1) is 5.41 Å². The summed E-state index contributed by atoms with van der Waals surface area (Å²) in [6.45, 7) is 3.24. The molecule has 0 aliphatic carbocycles. The Labute approximate surface area is 149 Å². The monoisotopic (exact) mass is 349 g/mol. The van der Waals surface area contributed by atoms with Crippen LogP contribution in [0.4, 0.5) is 4.39 Å². The molecule has 1 amide bonds. The molecular formula is C20H28FNO3. The van der Waals surface area contributed by atoms with Crippen LogP contribution in [0, 0.1) is 5.82 Å². The van der Waals surface area contributed by atoms with E-state index in [0.717, 1.165) is 31.2 Å². The molecule has 1 fully saturated rings. The van der Waals surface area contributed by atoms with Gasteiger partial charge in [0, 0.05) is 26.2 Å². The SMILES string of the molecule is CC(=O)CCCCCCNC(=O)C1(c2cccc(F)c2)CCOCC1. The van der Waals surface area contributed by atoms with Gasteiger partial charge in [0.2, 0.25) is 5.91 Å². The smallest absolute Gasteiger partial charge is 0.230 e. The highest BCUT2D eigenvalue weighted by atomic mass is 19.1. The first-order valence-corrected chi connectivity index (χ1v) is 9.16. The van der Waals surface area contributed by atoms with E-state index in [1.54, 1.807) is 13.0 Å². The van der Waals surface area contributed by atoms with Crippen LogP contribution in [0.5, 0.6) is 0 Å². The quantitative estimate of drug-likeness (QED) is 0.694. The zero-order chi connectivity index (χ0) is 18.1. The minimum atomic E-state index is -0.699. The summed E-state index contributed by atoms with van der Waals surface area (Å²) in [4.78, 5) is 23.8. The summed E-state index contributed by atoms with van der Waals surface area (Å²) in [7, 11) is 0. The van der Waals surface area contributed by atoms with Crippen LogP contribution in [0.1, 0.15) is 57.4 Å². The molecule has 0 unspecified atom stereocenters. The van der Waals surface area contributed by atoms with Crippen molar-refractivity contribution in [2.45, 2.75) is 57.3 Å². The number of rotatable bonds is 9. The number of unbranched alkanes of at least 4 members (excludes halogenated alkanes) is 3. The fraction of sp³-hybridized carbons (Fsp3) is 0.600. The predicted molar refractivity (Wildman–Crippen MR) is 94.9 cm³/mol.